The first kappa shape index (κ1) is 15.7. The Balaban J connectivity index is 4.48. The minimum absolute atomic E-state index is 0.172. The van der Waals surface area contributed by atoms with Crippen molar-refractivity contribution in [2.24, 2.45) is 31.9 Å². The Morgan fingerprint density at radius 3 is 2.00 bits per heavy atom. The van der Waals surface area contributed by atoms with Crippen molar-refractivity contribution in [3.8, 4) is 0 Å². The molecule has 0 unspecified atom stereocenters. The fraction of sp³-hybridized carbons (Fsp3) is 0.200. The summed E-state index contributed by atoms with van der Waals surface area (Å²) in [5.41, 5.74) is 13.4. The minimum atomic E-state index is -0.913. The molecule has 0 heterocycles. The molecule has 0 aliphatic carbocycles. The zero-order chi connectivity index (χ0) is 14.8. The molecule has 0 amide bonds. The summed E-state index contributed by atoms with van der Waals surface area (Å²) in [6.45, 7) is 1.43. The molecule has 0 fully saturated rings. The fourth-order valence-corrected chi connectivity index (χ4v) is 0.565. The first-order valence-electron chi connectivity index (χ1n) is 4.37. The molecule has 0 aliphatic rings. The van der Waals surface area contributed by atoms with E-state index >= 15 is 0 Å². The summed E-state index contributed by atoms with van der Waals surface area (Å²) in [7, 11) is 0. The molecule has 0 saturated carbocycles. The van der Waals surface area contributed by atoms with Gasteiger partial charge in [0.25, 0.3) is 11.9 Å². The Bertz CT molecular complexity index is 465. The van der Waals surface area contributed by atoms with E-state index in [-0.39, 0.29) is 5.71 Å². The Kier molecular flexibility index (Phi) is 6.50. The number of hydrogen-bond acceptors (Lipinski definition) is 8. The molecule has 0 bridgehead atoms. The van der Waals surface area contributed by atoms with Crippen molar-refractivity contribution in [1.82, 2.24) is 10.9 Å². The van der Waals surface area contributed by atoms with Crippen LogP contribution in [0.4, 0.5) is 0 Å². The summed E-state index contributed by atoms with van der Waals surface area (Å²) in [5.74, 6) is -1.07. The zero-order valence-corrected chi connectivity index (χ0v) is 9.55. The predicted molar refractivity (Wildman–Crippen MR) is 65.1 cm³/mol. The zero-order valence-electron chi connectivity index (χ0n) is 9.55. The lowest BCUT2D eigenvalue weighted by atomic mass is 10.5. The highest BCUT2D eigenvalue weighted by molar-refractivity contribution is 6.29. The normalized spacial score (nSPS) is 13.4. The van der Waals surface area contributed by atoms with Crippen LogP contribution in [0.1, 0.15) is 6.92 Å². The van der Waals surface area contributed by atoms with Gasteiger partial charge in [0.05, 0.1) is 11.9 Å². The number of guanidine groups is 2. The molecule has 14 heteroatoms. The quantitative estimate of drug-likeness (QED) is 0.182. The third kappa shape index (κ3) is 9.60. The van der Waals surface area contributed by atoms with E-state index in [1.807, 2.05) is 0 Å². The Morgan fingerprint density at radius 2 is 1.53 bits per heavy atom. The molecule has 0 aliphatic heterocycles. The summed E-state index contributed by atoms with van der Waals surface area (Å²) in [6, 6.07) is 0. The lowest BCUT2D eigenvalue weighted by molar-refractivity contribution is -0.525. The monoisotopic (exact) mass is 274 g/mol. The van der Waals surface area contributed by atoms with E-state index in [1.54, 1.807) is 10.9 Å². The van der Waals surface area contributed by atoms with Gasteiger partial charge in [-0.15, -0.1) is 10.2 Å². The van der Waals surface area contributed by atoms with Gasteiger partial charge >= 0.3 is 0 Å². The van der Waals surface area contributed by atoms with Gasteiger partial charge in [-0.2, -0.15) is 10.2 Å². The van der Waals surface area contributed by atoms with Crippen molar-refractivity contribution in [2.45, 2.75) is 6.92 Å². The van der Waals surface area contributed by atoms with Crippen LogP contribution in [0.25, 0.3) is 0 Å². The van der Waals surface area contributed by atoms with E-state index in [2.05, 4.69) is 20.4 Å². The first-order valence-corrected chi connectivity index (χ1v) is 4.37. The van der Waals surface area contributed by atoms with Crippen LogP contribution in [-0.2, 0) is 0 Å². The van der Waals surface area contributed by atoms with E-state index in [4.69, 9.17) is 11.5 Å². The van der Waals surface area contributed by atoms with Crippen molar-refractivity contribution in [1.29, 1.82) is 0 Å². The molecule has 0 aromatic rings. The highest BCUT2D eigenvalue weighted by atomic mass is 16.7. The van der Waals surface area contributed by atoms with Crippen LogP contribution in [0, 0.1) is 20.2 Å². The predicted octanol–water partition coefficient (Wildman–Crippen LogP) is -2.46. The summed E-state index contributed by atoms with van der Waals surface area (Å²) in [6.07, 6.45) is 1.05. The van der Waals surface area contributed by atoms with E-state index in [0.29, 0.717) is 0 Å². The molecule has 14 nitrogen and oxygen atoms in total. The van der Waals surface area contributed by atoms with Gasteiger partial charge in [-0.1, -0.05) is 10.9 Å². The van der Waals surface area contributed by atoms with Gasteiger partial charge < -0.3 is 11.5 Å². The van der Waals surface area contributed by atoms with Crippen LogP contribution < -0.4 is 22.3 Å². The molecule has 19 heavy (non-hydrogen) atoms. The maximum absolute atomic E-state index is 9.95. The van der Waals surface area contributed by atoms with Crippen molar-refractivity contribution in [3.63, 3.8) is 0 Å². The van der Waals surface area contributed by atoms with Crippen LogP contribution in [0.15, 0.2) is 20.4 Å². The molecule has 0 saturated heterocycles. The van der Waals surface area contributed by atoms with Gasteiger partial charge in [0.15, 0.2) is 10.1 Å². The number of nitrogens with one attached hydrogen (secondary N) is 2. The maximum Gasteiger partial charge on any atom is 0.275 e. The second kappa shape index (κ2) is 7.87. The molecular formula is C5H10N10O4. The molecule has 6 N–H and O–H groups in total. The summed E-state index contributed by atoms with van der Waals surface area (Å²) >= 11 is 0. The van der Waals surface area contributed by atoms with Crippen LogP contribution >= 0.6 is 0 Å². The minimum Gasteiger partial charge on any atom is -0.364 e. The van der Waals surface area contributed by atoms with Gasteiger partial charge in [-0.3, -0.25) is 0 Å². The topological polar surface area (TPSA) is 212 Å². The van der Waals surface area contributed by atoms with Gasteiger partial charge in [-0.05, 0) is 6.92 Å². The lowest BCUT2D eigenvalue weighted by Crippen LogP contribution is -2.35. The lowest BCUT2D eigenvalue weighted by Gasteiger charge is -1.92. The fourth-order valence-electron chi connectivity index (χ4n) is 0.565. The Morgan fingerprint density at radius 1 is 1.05 bits per heavy atom. The van der Waals surface area contributed by atoms with Crippen LogP contribution in [-0.4, -0.2) is 33.9 Å². The van der Waals surface area contributed by atoms with Crippen molar-refractivity contribution in [3.05, 3.63) is 20.2 Å². The number of hydrogen-bond donors (Lipinski definition) is 4. The van der Waals surface area contributed by atoms with E-state index in [9.17, 15) is 20.2 Å². The van der Waals surface area contributed by atoms with Crippen LogP contribution in [0.2, 0.25) is 0 Å². The van der Waals surface area contributed by atoms with E-state index < -0.39 is 22.0 Å². The van der Waals surface area contributed by atoms with E-state index in [1.165, 1.54) is 6.92 Å². The highest BCUT2D eigenvalue weighted by Crippen LogP contribution is 1.79. The summed E-state index contributed by atoms with van der Waals surface area (Å²) < 4.78 is 0. The third-order valence-electron chi connectivity index (χ3n) is 1.14. The molecule has 104 valence electrons. The summed E-state index contributed by atoms with van der Waals surface area (Å²) in [4.78, 5) is 19.9. The smallest absolute Gasteiger partial charge is 0.275 e. The average Bonchev–Trinajstić information content (AvgIpc) is 2.24. The third-order valence-corrected chi connectivity index (χ3v) is 1.14. The highest BCUT2D eigenvalue weighted by Gasteiger charge is 1.98. The van der Waals surface area contributed by atoms with Gasteiger partial charge in [0, 0.05) is 0 Å². The van der Waals surface area contributed by atoms with Crippen molar-refractivity contribution < 1.29 is 10.1 Å². The SMILES string of the molecule is CC(/C=N/N=C(/N)N[N+](=O)[O-])=N\N=C(N)N[N+](=O)[O-]. The molecular weight excluding hydrogens is 264 g/mol. The van der Waals surface area contributed by atoms with Crippen molar-refractivity contribution >= 4 is 23.8 Å². The molecule has 0 radical (unpaired) electrons. The second-order valence-electron chi connectivity index (χ2n) is 2.69. The van der Waals surface area contributed by atoms with Gasteiger partial charge in [-0.25, -0.2) is 20.2 Å². The number of nitro groups is 2. The maximum atomic E-state index is 9.95. The second-order valence-corrected chi connectivity index (χ2v) is 2.69. The molecule has 0 spiro atoms. The average molecular weight is 274 g/mol. The molecule has 0 atom stereocenters. The number of nitrogens with zero attached hydrogens (tertiary/aromatic N) is 6. The Hall–Kier alpha value is -3.32. The molecule has 0 aromatic carbocycles. The number of nitrogens with two attached hydrogens (primary N) is 2. The standard InChI is InChI=1S/C5H10N10O4/c1-3(9-11-5(7)13-15(18)19)2-8-10-4(6)12-14(16)17/h2H,1H3,(H3,6,10,12)(H3,7,11,13)/b8-2+,9-3+. The summed E-state index contributed by atoms with van der Waals surface area (Å²) in [5, 5.41) is 31.3. The number of rotatable bonds is 5. The number of hydrazine groups is 2. The molecule has 0 rings (SSSR count). The van der Waals surface area contributed by atoms with E-state index in [0.717, 1.165) is 6.21 Å². The van der Waals surface area contributed by atoms with Gasteiger partial charge in [0.1, 0.15) is 0 Å². The Labute approximate surface area is 105 Å². The largest absolute Gasteiger partial charge is 0.364 e. The van der Waals surface area contributed by atoms with Gasteiger partial charge in [0.2, 0.25) is 0 Å². The first-order chi connectivity index (χ1) is 8.81. The van der Waals surface area contributed by atoms with Crippen molar-refractivity contribution in [2.75, 3.05) is 0 Å². The molecule has 0 aromatic heterocycles. The van der Waals surface area contributed by atoms with Crippen LogP contribution in [0.3, 0.4) is 0 Å². The van der Waals surface area contributed by atoms with Crippen LogP contribution in [0.5, 0.6) is 0 Å².